The van der Waals surface area contributed by atoms with Crippen LogP contribution in [-0.4, -0.2) is 38.6 Å². The van der Waals surface area contributed by atoms with Crippen LogP contribution in [0.1, 0.15) is 34.6 Å². The van der Waals surface area contributed by atoms with Crippen LogP contribution in [0, 0.1) is 0 Å². The second-order valence-corrected chi connectivity index (χ2v) is 8.96. The first-order chi connectivity index (χ1) is 8.06. The molecular formula is C11H26N2O3Si. The number of nitrogens with one attached hydrogen (secondary N) is 1. The first kappa shape index (κ1) is 15.1. The number of hydrogen-bond donors (Lipinski definition) is 1. The minimum Gasteiger partial charge on any atom is -0.416 e. The van der Waals surface area contributed by atoms with Crippen LogP contribution in [0.2, 0.25) is 12.1 Å². The number of rotatable bonds is 7. The van der Waals surface area contributed by atoms with E-state index in [1.807, 2.05) is 13.8 Å². The average molecular weight is 262 g/mol. The van der Waals surface area contributed by atoms with Gasteiger partial charge in [-0.2, -0.15) is 0 Å². The largest absolute Gasteiger partial charge is 0.416 e. The molecule has 0 saturated carbocycles. The Balaban J connectivity index is 2.42. The molecule has 1 saturated heterocycles. The zero-order chi connectivity index (χ0) is 12.9. The number of nitrogens with zero attached hydrogens (tertiary/aromatic N) is 1. The third-order valence-electron chi connectivity index (χ3n) is 3.45. The lowest BCUT2D eigenvalue weighted by atomic mass is 10.3. The van der Waals surface area contributed by atoms with Gasteiger partial charge in [0.1, 0.15) is 12.2 Å². The summed E-state index contributed by atoms with van der Waals surface area (Å²) < 4.78 is 5.98. The van der Waals surface area contributed by atoms with Gasteiger partial charge in [0.25, 0.3) is 0 Å². The summed E-state index contributed by atoms with van der Waals surface area (Å²) >= 11 is 0. The summed E-state index contributed by atoms with van der Waals surface area (Å²) in [5, 5.41) is 1.40. The van der Waals surface area contributed by atoms with Gasteiger partial charge in [-0.3, -0.25) is 9.68 Å². The third kappa shape index (κ3) is 4.01. The zero-order valence-electron chi connectivity index (χ0n) is 11.7. The summed E-state index contributed by atoms with van der Waals surface area (Å²) in [6.45, 7) is 11.2. The monoisotopic (exact) mass is 262 g/mol. The number of hydrazine groups is 1. The molecule has 0 amide bonds. The van der Waals surface area contributed by atoms with E-state index in [4.69, 9.17) is 14.1 Å². The molecule has 0 aromatic carbocycles. The van der Waals surface area contributed by atoms with Crippen molar-refractivity contribution in [1.29, 1.82) is 0 Å². The van der Waals surface area contributed by atoms with E-state index < -0.39 is 8.32 Å². The molecule has 1 rings (SSSR count). The molecule has 6 heteroatoms. The van der Waals surface area contributed by atoms with Crippen molar-refractivity contribution in [2.45, 2.75) is 58.9 Å². The molecule has 0 bridgehead atoms. The van der Waals surface area contributed by atoms with E-state index in [1.54, 1.807) is 0 Å². The fraction of sp³-hybridized carbons (Fsp3) is 1.00. The van der Waals surface area contributed by atoms with Crippen molar-refractivity contribution < 1.29 is 14.1 Å². The smallest absolute Gasteiger partial charge is 0.207 e. The first-order valence-corrected chi connectivity index (χ1v) is 9.11. The minimum atomic E-state index is -1.67. The Hall–Kier alpha value is 0.0169. The summed E-state index contributed by atoms with van der Waals surface area (Å²) in [6, 6.07) is 2.20. The Labute approximate surface area is 105 Å². The van der Waals surface area contributed by atoms with Gasteiger partial charge in [0, 0.05) is 18.1 Å². The van der Waals surface area contributed by atoms with Crippen LogP contribution in [-0.2, 0) is 14.1 Å². The predicted octanol–water partition coefficient (Wildman–Crippen LogP) is 2.01. The van der Waals surface area contributed by atoms with Gasteiger partial charge in [-0.05, 0) is 32.9 Å². The van der Waals surface area contributed by atoms with Crippen LogP contribution in [0.15, 0.2) is 0 Å². The third-order valence-corrected chi connectivity index (χ3v) is 7.74. The van der Waals surface area contributed by atoms with Gasteiger partial charge in [-0.25, -0.2) is 5.43 Å². The van der Waals surface area contributed by atoms with Crippen LogP contribution < -0.4 is 5.43 Å². The van der Waals surface area contributed by atoms with E-state index in [0.29, 0.717) is 0 Å². The summed E-state index contributed by atoms with van der Waals surface area (Å²) in [5.41, 5.74) is 3.20. The number of hydrogen-bond acceptors (Lipinski definition) is 5. The Bertz CT molecular complexity index is 217. The second-order valence-electron chi connectivity index (χ2n) is 4.54. The molecule has 102 valence electrons. The fourth-order valence-electron chi connectivity index (χ4n) is 1.84. The summed E-state index contributed by atoms with van der Waals surface area (Å²) in [6.07, 6.45) is 1.01. The lowest BCUT2D eigenvalue weighted by Gasteiger charge is -2.30. The average Bonchev–Trinajstić information content (AvgIpc) is 2.65. The van der Waals surface area contributed by atoms with E-state index in [2.05, 4.69) is 26.2 Å². The van der Waals surface area contributed by atoms with E-state index >= 15 is 0 Å². The van der Waals surface area contributed by atoms with Crippen LogP contribution in [0.25, 0.3) is 0 Å². The predicted molar refractivity (Wildman–Crippen MR) is 69.3 cm³/mol. The van der Waals surface area contributed by atoms with Gasteiger partial charge in [0.2, 0.25) is 8.32 Å². The fourth-order valence-corrected chi connectivity index (χ4v) is 4.38. The Morgan fingerprint density at radius 3 is 2.06 bits per heavy atom. The Morgan fingerprint density at radius 2 is 1.65 bits per heavy atom. The van der Waals surface area contributed by atoms with E-state index in [9.17, 15) is 0 Å². The van der Waals surface area contributed by atoms with Crippen molar-refractivity contribution in [3.8, 4) is 0 Å². The van der Waals surface area contributed by atoms with Crippen LogP contribution >= 0.6 is 0 Å². The molecule has 5 nitrogen and oxygen atoms in total. The standard InChI is InChI=1S/C11H26N2O3Si/c1-6-14-17(7-2,8-3)9-12-13-15-10(4)11(5)16-13/h10-12H,6-9H2,1-5H3. The molecule has 0 aliphatic carbocycles. The van der Waals surface area contributed by atoms with Crippen molar-refractivity contribution in [3.63, 3.8) is 0 Å². The van der Waals surface area contributed by atoms with Gasteiger partial charge in [0.15, 0.2) is 0 Å². The van der Waals surface area contributed by atoms with Crippen molar-refractivity contribution in [3.05, 3.63) is 0 Å². The molecule has 2 unspecified atom stereocenters. The quantitative estimate of drug-likeness (QED) is 0.711. The molecule has 0 spiro atoms. The molecule has 1 N–H and O–H groups in total. The Kier molecular flexibility index (Phi) is 6.05. The summed E-state index contributed by atoms with van der Waals surface area (Å²) in [5.74, 6) is 0. The normalized spacial score (nSPS) is 26.6. The molecule has 0 aromatic rings. The molecule has 1 aliphatic rings. The maximum absolute atomic E-state index is 5.98. The van der Waals surface area contributed by atoms with Crippen LogP contribution in [0.4, 0.5) is 0 Å². The highest BCUT2D eigenvalue weighted by atomic mass is 28.4. The molecule has 1 heterocycles. The van der Waals surface area contributed by atoms with E-state index in [0.717, 1.165) is 24.9 Å². The maximum Gasteiger partial charge on any atom is 0.207 e. The second kappa shape index (κ2) is 6.82. The van der Waals surface area contributed by atoms with Gasteiger partial charge < -0.3 is 4.43 Å². The van der Waals surface area contributed by atoms with Crippen molar-refractivity contribution in [1.82, 2.24) is 10.8 Å². The topological polar surface area (TPSA) is 43.0 Å². The SMILES string of the molecule is CCO[Si](CC)(CC)CNN1OC(C)C(C)O1. The van der Waals surface area contributed by atoms with E-state index in [-0.39, 0.29) is 12.2 Å². The van der Waals surface area contributed by atoms with Crippen molar-refractivity contribution in [2.75, 3.05) is 12.8 Å². The zero-order valence-corrected chi connectivity index (χ0v) is 12.7. The maximum atomic E-state index is 5.98. The first-order valence-electron chi connectivity index (χ1n) is 6.58. The van der Waals surface area contributed by atoms with Crippen molar-refractivity contribution in [2.24, 2.45) is 0 Å². The molecule has 1 aliphatic heterocycles. The van der Waals surface area contributed by atoms with E-state index in [1.165, 1.54) is 5.34 Å². The molecule has 0 radical (unpaired) electrons. The van der Waals surface area contributed by atoms with Gasteiger partial charge in [-0.1, -0.05) is 13.8 Å². The van der Waals surface area contributed by atoms with Crippen molar-refractivity contribution >= 4 is 8.32 Å². The summed E-state index contributed by atoms with van der Waals surface area (Å²) in [7, 11) is -1.67. The van der Waals surface area contributed by atoms with Crippen LogP contribution in [0.5, 0.6) is 0 Å². The molecule has 0 aromatic heterocycles. The highest BCUT2D eigenvalue weighted by Gasteiger charge is 2.34. The van der Waals surface area contributed by atoms with Gasteiger partial charge in [-0.15, -0.1) is 0 Å². The Morgan fingerprint density at radius 1 is 1.12 bits per heavy atom. The highest BCUT2D eigenvalue weighted by molar-refractivity contribution is 6.73. The minimum absolute atomic E-state index is 0.0916. The lowest BCUT2D eigenvalue weighted by molar-refractivity contribution is -0.344. The summed E-state index contributed by atoms with van der Waals surface area (Å²) in [4.78, 5) is 11.0. The molecule has 2 atom stereocenters. The van der Waals surface area contributed by atoms with Gasteiger partial charge in [0.05, 0.1) is 0 Å². The molecule has 1 fully saturated rings. The lowest BCUT2D eigenvalue weighted by Crippen LogP contribution is -2.51. The van der Waals surface area contributed by atoms with Crippen LogP contribution in [0.3, 0.4) is 0 Å². The molecule has 17 heavy (non-hydrogen) atoms. The van der Waals surface area contributed by atoms with Gasteiger partial charge >= 0.3 is 0 Å². The molecular weight excluding hydrogens is 236 g/mol. The highest BCUT2D eigenvalue weighted by Crippen LogP contribution is 2.18.